The fraction of sp³-hybridized carbons (Fsp3) is 0.533. The summed E-state index contributed by atoms with van der Waals surface area (Å²) in [4.78, 5) is 28.4. The van der Waals surface area contributed by atoms with Gasteiger partial charge in [-0.05, 0) is 52.8 Å². The second-order valence-electron chi connectivity index (χ2n) is 11.6. The molecule has 5 rings (SSSR count). The molecule has 1 spiro atoms. The van der Waals surface area contributed by atoms with Crippen molar-refractivity contribution >= 4 is 11.8 Å². The zero-order chi connectivity index (χ0) is 29.3. The van der Waals surface area contributed by atoms with Gasteiger partial charge in [0.2, 0.25) is 0 Å². The van der Waals surface area contributed by atoms with Crippen molar-refractivity contribution in [3.05, 3.63) is 41.3 Å². The van der Waals surface area contributed by atoms with Crippen molar-refractivity contribution in [3.63, 3.8) is 0 Å². The van der Waals surface area contributed by atoms with Crippen molar-refractivity contribution in [2.75, 3.05) is 65.4 Å². The fourth-order valence-electron chi connectivity index (χ4n) is 5.91. The van der Waals surface area contributed by atoms with Gasteiger partial charge >= 0.3 is 6.03 Å². The molecule has 2 amide bonds. The van der Waals surface area contributed by atoms with Gasteiger partial charge in [-0.3, -0.25) is 0 Å². The molecule has 2 aliphatic heterocycles. The number of carbonyl (C=O) groups excluding carboxylic acids is 1. The van der Waals surface area contributed by atoms with E-state index in [1.54, 1.807) is 26.0 Å². The molecule has 0 bridgehead atoms. The Balaban J connectivity index is 1.44. The summed E-state index contributed by atoms with van der Waals surface area (Å²) in [6.45, 7) is 9.87. The average molecular weight is 564 g/mol. The second kappa shape index (κ2) is 11.7. The van der Waals surface area contributed by atoms with Crippen molar-refractivity contribution in [1.82, 2.24) is 30.2 Å². The lowest BCUT2D eigenvalue weighted by Crippen LogP contribution is -2.63. The van der Waals surface area contributed by atoms with Gasteiger partial charge in [0.1, 0.15) is 30.0 Å². The van der Waals surface area contributed by atoms with Crippen molar-refractivity contribution in [1.29, 1.82) is 0 Å². The Labute approximate surface area is 241 Å². The molecule has 1 aromatic carbocycles. The molecule has 0 saturated carbocycles. The summed E-state index contributed by atoms with van der Waals surface area (Å²) >= 11 is 0. The maximum absolute atomic E-state index is 12.4. The van der Waals surface area contributed by atoms with E-state index in [0.29, 0.717) is 18.1 Å². The number of ether oxygens (including phenoxy) is 1. The monoisotopic (exact) mass is 563 g/mol. The molecule has 2 aromatic heterocycles. The molecule has 11 heteroatoms. The van der Waals surface area contributed by atoms with Gasteiger partial charge in [-0.15, -0.1) is 0 Å². The molecular formula is C30H41N7O4. The summed E-state index contributed by atoms with van der Waals surface area (Å²) in [6, 6.07) is 7.75. The van der Waals surface area contributed by atoms with Crippen LogP contribution in [0.25, 0.3) is 22.6 Å². The molecule has 0 radical (unpaired) electrons. The quantitative estimate of drug-likeness (QED) is 0.425. The topological polar surface area (TPSA) is 120 Å². The minimum atomic E-state index is -0.608. The van der Waals surface area contributed by atoms with Crippen LogP contribution in [0, 0.1) is 26.2 Å². The van der Waals surface area contributed by atoms with E-state index in [-0.39, 0.29) is 18.1 Å². The summed E-state index contributed by atoms with van der Waals surface area (Å²) in [6.07, 6.45) is 1.40. The number of aliphatic hydroxyl groups is 1. The van der Waals surface area contributed by atoms with Gasteiger partial charge in [-0.1, -0.05) is 17.3 Å². The Morgan fingerprint density at radius 1 is 1.20 bits per heavy atom. The van der Waals surface area contributed by atoms with Crippen molar-refractivity contribution in [3.8, 4) is 28.4 Å². The van der Waals surface area contributed by atoms with Gasteiger partial charge in [-0.25, -0.2) is 14.8 Å². The van der Waals surface area contributed by atoms with Gasteiger partial charge in [0.15, 0.2) is 5.82 Å². The molecule has 11 nitrogen and oxygen atoms in total. The van der Waals surface area contributed by atoms with Crippen LogP contribution in [0.3, 0.4) is 0 Å². The number of hydrogen-bond acceptors (Lipinski definition) is 9. The van der Waals surface area contributed by atoms with Crippen LogP contribution in [0.1, 0.15) is 29.9 Å². The number of aliphatic hydroxyl groups excluding tert-OH is 1. The van der Waals surface area contributed by atoms with Crippen LogP contribution >= 0.6 is 0 Å². The summed E-state index contributed by atoms with van der Waals surface area (Å²) < 4.78 is 11.4. The van der Waals surface area contributed by atoms with Crippen LogP contribution in [-0.2, 0) is 0 Å². The van der Waals surface area contributed by atoms with Crippen LogP contribution in [0.2, 0.25) is 0 Å². The Kier molecular flexibility index (Phi) is 8.19. The molecule has 1 atom stereocenters. The molecule has 41 heavy (non-hydrogen) atoms. The first-order valence-corrected chi connectivity index (χ1v) is 14.2. The number of piperidine rings is 1. The number of hydrogen-bond donors (Lipinski definition) is 2. The number of rotatable bonds is 8. The first-order chi connectivity index (χ1) is 19.6. The predicted octanol–water partition coefficient (Wildman–Crippen LogP) is 3.27. The first kappa shape index (κ1) is 28.8. The van der Waals surface area contributed by atoms with Crippen LogP contribution in [0.5, 0.6) is 5.75 Å². The van der Waals surface area contributed by atoms with Crippen molar-refractivity contribution < 1.29 is 19.2 Å². The number of nitrogens with one attached hydrogen (secondary N) is 1. The molecule has 2 fully saturated rings. The molecular weight excluding hydrogens is 522 g/mol. The number of benzene rings is 1. The molecule has 2 N–H and O–H groups in total. The van der Waals surface area contributed by atoms with Gasteiger partial charge in [0.25, 0.3) is 0 Å². The van der Waals surface area contributed by atoms with E-state index < -0.39 is 6.10 Å². The number of nitrogens with zero attached hydrogens (tertiary/aromatic N) is 6. The van der Waals surface area contributed by atoms with Gasteiger partial charge in [0.05, 0.1) is 17.0 Å². The van der Waals surface area contributed by atoms with Gasteiger partial charge in [0, 0.05) is 63.4 Å². The number of aromatic nitrogens is 3. The molecule has 1 unspecified atom stereocenters. The minimum absolute atomic E-state index is 0.0844. The number of likely N-dealkylation sites (N-methyl/N-ethyl adjacent to an activating group) is 1. The van der Waals surface area contributed by atoms with Gasteiger partial charge < -0.3 is 34.4 Å². The maximum atomic E-state index is 12.4. The van der Waals surface area contributed by atoms with E-state index in [0.717, 1.165) is 78.7 Å². The number of amides is 2. The predicted molar refractivity (Wildman–Crippen MR) is 157 cm³/mol. The lowest BCUT2D eigenvalue weighted by atomic mass is 9.72. The highest BCUT2D eigenvalue weighted by molar-refractivity contribution is 5.76. The second-order valence-corrected chi connectivity index (χ2v) is 11.6. The van der Waals surface area contributed by atoms with Crippen LogP contribution in [0.4, 0.5) is 10.6 Å². The summed E-state index contributed by atoms with van der Waals surface area (Å²) in [5.41, 5.74) is 4.48. The van der Waals surface area contributed by atoms with E-state index in [4.69, 9.17) is 19.2 Å². The Bertz CT molecular complexity index is 1370. The Morgan fingerprint density at radius 3 is 2.56 bits per heavy atom. The van der Waals surface area contributed by atoms with Crippen molar-refractivity contribution in [2.45, 2.75) is 39.7 Å². The van der Waals surface area contributed by atoms with E-state index in [1.807, 2.05) is 43.0 Å². The third-order valence-corrected chi connectivity index (χ3v) is 8.19. The smallest absolute Gasteiger partial charge is 0.319 e. The Morgan fingerprint density at radius 2 is 1.93 bits per heavy atom. The minimum Gasteiger partial charge on any atom is -0.491 e. The van der Waals surface area contributed by atoms with E-state index in [1.165, 1.54) is 0 Å². The zero-order valence-electron chi connectivity index (χ0n) is 24.9. The first-order valence-electron chi connectivity index (χ1n) is 14.2. The molecule has 2 aliphatic rings. The van der Waals surface area contributed by atoms with Gasteiger partial charge in [-0.2, -0.15) is 0 Å². The highest BCUT2D eigenvalue weighted by Crippen LogP contribution is 2.43. The maximum Gasteiger partial charge on any atom is 0.319 e. The number of anilines is 1. The molecule has 3 aromatic rings. The SMILES string of the molecule is CNCC(O)COc1cccc(-c2nc(-c3c(C)noc3C)c(C)c(N3CCC4(CC3)CN(C(=O)N(C)C)C4)n2)c1. The van der Waals surface area contributed by atoms with Crippen LogP contribution < -0.4 is 15.0 Å². The van der Waals surface area contributed by atoms with E-state index in [2.05, 4.69) is 22.3 Å². The lowest BCUT2D eigenvalue weighted by molar-refractivity contribution is 0.00305. The number of likely N-dealkylation sites (tertiary alicyclic amines) is 1. The number of urea groups is 1. The molecule has 220 valence electrons. The van der Waals surface area contributed by atoms with Crippen LogP contribution in [-0.4, -0.2) is 103 Å². The molecule has 2 saturated heterocycles. The fourth-order valence-corrected chi connectivity index (χ4v) is 5.91. The summed E-state index contributed by atoms with van der Waals surface area (Å²) in [7, 11) is 5.40. The highest BCUT2D eigenvalue weighted by atomic mass is 16.5. The van der Waals surface area contributed by atoms with E-state index >= 15 is 0 Å². The third kappa shape index (κ3) is 5.87. The third-order valence-electron chi connectivity index (χ3n) is 8.19. The zero-order valence-corrected chi connectivity index (χ0v) is 24.9. The molecule has 4 heterocycles. The largest absolute Gasteiger partial charge is 0.491 e. The normalized spacial score (nSPS) is 17.0. The highest BCUT2D eigenvalue weighted by Gasteiger charge is 2.47. The Hall–Kier alpha value is -3.70. The standard InChI is InChI=1S/C30H41N7O4/c1-19-26(25-20(2)34-41-21(25)3)32-27(22-8-7-9-24(14-22)40-16-23(38)15-31-4)33-28(19)36-12-10-30(11-13-36)17-37(18-30)29(39)35(5)6/h7-9,14,23,31,38H,10-13,15-18H2,1-6H3. The lowest BCUT2D eigenvalue weighted by Gasteiger charge is -2.54. The number of carbonyl (C=O) groups is 1. The summed E-state index contributed by atoms with van der Waals surface area (Å²) in [5.74, 6) is 2.85. The van der Waals surface area contributed by atoms with Crippen LogP contribution in [0.15, 0.2) is 28.8 Å². The summed E-state index contributed by atoms with van der Waals surface area (Å²) in [5, 5.41) is 17.2. The van der Waals surface area contributed by atoms with E-state index in [9.17, 15) is 9.90 Å². The number of aryl methyl sites for hydroxylation is 2. The molecule has 0 aliphatic carbocycles. The van der Waals surface area contributed by atoms with Crippen molar-refractivity contribution in [2.24, 2.45) is 5.41 Å². The average Bonchev–Trinajstić information content (AvgIpc) is 3.28.